The lowest BCUT2D eigenvalue weighted by Crippen LogP contribution is -2.37. The lowest BCUT2D eigenvalue weighted by molar-refractivity contribution is -0.129. The molecule has 0 saturated carbocycles. The molecule has 158 valence electrons. The molecule has 4 nitrogen and oxygen atoms in total. The van der Waals surface area contributed by atoms with Crippen LogP contribution in [0.1, 0.15) is 30.4 Å². The van der Waals surface area contributed by atoms with Gasteiger partial charge in [0.05, 0.1) is 13.7 Å². The molecular formula is C25H30N2O2S. The van der Waals surface area contributed by atoms with Crippen LogP contribution in [0.3, 0.4) is 0 Å². The van der Waals surface area contributed by atoms with Gasteiger partial charge in [0.15, 0.2) is 0 Å². The van der Waals surface area contributed by atoms with Crippen LogP contribution in [-0.4, -0.2) is 42.5 Å². The molecule has 2 aromatic rings. The minimum absolute atomic E-state index is 0.189. The number of nitrogens with zero attached hydrogens (tertiary/aromatic N) is 2. The van der Waals surface area contributed by atoms with E-state index in [1.54, 1.807) is 18.9 Å². The molecule has 0 unspecified atom stereocenters. The first kappa shape index (κ1) is 21.0. The van der Waals surface area contributed by atoms with Crippen LogP contribution in [0.2, 0.25) is 0 Å². The zero-order valence-corrected chi connectivity index (χ0v) is 18.4. The fourth-order valence-electron chi connectivity index (χ4n) is 4.27. The third-order valence-electron chi connectivity index (χ3n) is 6.08. The zero-order valence-electron chi connectivity index (χ0n) is 17.6. The van der Waals surface area contributed by atoms with Crippen LogP contribution < -0.4 is 4.74 Å². The van der Waals surface area contributed by atoms with E-state index in [1.807, 2.05) is 28.6 Å². The monoisotopic (exact) mass is 422 g/mol. The molecule has 2 aliphatic heterocycles. The number of rotatable bonds is 6. The number of thioether (sulfide) groups is 1. The SMILES string of the molecule is COc1ccc2c(c1)CN(C(=O)CCN1CCC(Cc3ccccc3)CC1)C=CS2. The molecule has 0 aromatic heterocycles. The van der Waals surface area contributed by atoms with Gasteiger partial charge < -0.3 is 14.5 Å². The van der Waals surface area contributed by atoms with E-state index in [2.05, 4.69) is 41.3 Å². The Morgan fingerprint density at radius 1 is 1.13 bits per heavy atom. The Hall–Kier alpha value is -2.24. The fourth-order valence-corrected chi connectivity index (χ4v) is 5.04. The highest BCUT2D eigenvalue weighted by molar-refractivity contribution is 8.02. The normalized spacial score (nSPS) is 17.4. The van der Waals surface area contributed by atoms with Crippen molar-refractivity contribution in [1.82, 2.24) is 9.80 Å². The summed E-state index contributed by atoms with van der Waals surface area (Å²) in [5.41, 5.74) is 2.58. The number of piperidine rings is 1. The van der Waals surface area contributed by atoms with Gasteiger partial charge in [-0.25, -0.2) is 0 Å². The quantitative estimate of drug-likeness (QED) is 0.660. The third kappa shape index (κ3) is 5.46. The first-order valence-corrected chi connectivity index (χ1v) is 11.7. The lowest BCUT2D eigenvalue weighted by atomic mass is 9.90. The Morgan fingerprint density at radius 2 is 1.93 bits per heavy atom. The van der Waals surface area contributed by atoms with Crippen LogP contribution >= 0.6 is 11.8 Å². The maximum Gasteiger partial charge on any atom is 0.228 e. The molecule has 1 saturated heterocycles. The topological polar surface area (TPSA) is 32.8 Å². The number of ether oxygens (including phenoxy) is 1. The molecule has 1 amide bonds. The molecule has 4 rings (SSSR count). The Labute approximate surface area is 183 Å². The molecule has 0 N–H and O–H groups in total. The molecular weight excluding hydrogens is 392 g/mol. The predicted octanol–water partition coefficient (Wildman–Crippen LogP) is 4.95. The molecule has 2 heterocycles. The number of amides is 1. The zero-order chi connectivity index (χ0) is 20.8. The lowest BCUT2D eigenvalue weighted by Gasteiger charge is -2.32. The second-order valence-electron chi connectivity index (χ2n) is 8.12. The second-order valence-corrected chi connectivity index (χ2v) is 9.07. The summed E-state index contributed by atoms with van der Waals surface area (Å²) in [6.45, 7) is 3.64. The van der Waals surface area contributed by atoms with Gasteiger partial charge in [0, 0.05) is 24.1 Å². The number of fused-ring (bicyclic) bond motifs is 1. The van der Waals surface area contributed by atoms with Gasteiger partial charge in [-0.15, -0.1) is 0 Å². The summed E-state index contributed by atoms with van der Waals surface area (Å²) in [7, 11) is 1.68. The first-order chi connectivity index (χ1) is 14.7. The van der Waals surface area contributed by atoms with Crippen molar-refractivity contribution >= 4 is 17.7 Å². The number of carbonyl (C=O) groups is 1. The maximum absolute atomic E-state index is 12.9. The van der Waals surface area contributed by atoms with Crippen molar-refractivity contribution in [3.05, 3.63) is 71.3 Å². The second kappa shape index (κ2) is 10.2. The maximum atomic E-state index is 12.9. The highest BCUT2D eigenvalue weighted by Crippen LogP contribution is 2.31. The molecule has 2 aromatic carbocycles. The summed E-state index contributed by atoms with van der Waals surface area (Å²) in [5, 5.41) is 2.01. The van der Waals surface area contributed by atoms with Gasteiger partial charge in [0.2, 0.25) is 5.91 Å². The van der Waals surface area contributed by atoms with Crippen LogP contribution in [0, 0.1) is 5.92 Å². The van der Waals surface area contributed by atoms with Crippen molar-refractivity contribution in [1.29, 1.82) is 0 Å². The van der Waals surface area contributed by atoms with Crippen LogP contribution in [0.4, 0.5) is 0 Å². The summed E-state index contributed by atoms with van der Waals surface area (Å²) in [6.07, 6.45) is 6.10. The van der Waals surface area contributed by atoms with Gasteiger partial charge in [-0.2, -0.15) is 0 Å². The first-order valence-electron chi connectivity index (χ1n) is 10.8. The molecule has 0 atom stereocenters. The van der Waals surface area contributed by atoms with Crippen molar-refractivity contribution in [3.63, 3.8) is 0 Å². The third-order valence-corrected chi connectivity index (χ3v) is 6.99. The van der Waals surface area contributed by atoms with E-state index in [4.69, 9.17) is 4.74 Å². The molecule has 0 bridgehead atoms. The highest BCUT2D eigenvalue weighted by atomic mass is 32.2. The molecule has 0 aliphatic carbocycles. The van der Waals surface area contributed by atoms with Crippen molar-refractivity contribution in [3.8, 4) is 5.75 Å². The number of hydrogen-bond acceptors (Lipinski definition) is 4. The van der Waals surface area contributed by atoms with E-state index < -0.39 is 0 Å². The largest absolute Gasteiger partial charge is 0.497 e. The van der Waals surface area contributed by atoms with Gasteiger partial charge in [0.1, 0.15) is 5.75 Å². The van der Waals surface area contributed by atoms with Crippen LogP contribution in [-0.2, 0) is 17.8 Å². The number of likely N-dealkylation sites (tertiary alicyclic amines) is 1. The van der Waals surface area contributed by atoms with Gasteiger partial charge in [-0.3, -0.25) is 4.79 Å². The molecule has 0 radical (unpaired) electrons. The summed E-state index contributed by atoms with van der Waals surface area (Å²) >= 11 is 1.66. The molecule has 2 aliphatic rings. The van der Waals surface area contributed by atoms with E-state index in [9.17, 15) is 4.79 Å². The highest BCUT2D eigenvalue weighted by Gasteiger charge is 2.22. The Balaban J connectivity index is 1.25. The van der Waals surface area contributed by atoms with Crippen LogP contribution in [0.25, 0.3) is 0 Å². The average Bonchev–Trinajstić information content (AvgIpc) is 3.01. The summed E-state index contributed by atoms with van der Waals surface area (Å²) in [4.78, 5) is 18.4. The standard InChI is InChI=1S/C25H30N2O2S/c1-29-23-7-8-24-22(18-23)19-27(15-16-30-24)25(28)11-14-26-12-9-21(10-13-26)17-20-5-3-2-4-6-20/h2-8,15-16,18,21H,9-14,17,19H2,1H3. The number of hydrogen-bond donors (Lipinski definition) is 0. The molecule has 1 fully saturated rings. The summed E-state index contributed by atoms with van der Waals surface area (Å²) in [5.74, 6) is 1.78. The summed E-state index contributed by atoms with van der Waals surface area (Å²) in [6, 6.07) is 16.9. The van der Waals surface area contributed by atoms with Crippen LogP contribution in [0.5, 0.6) is 5.75 Å². The smallest absolute Gasteiger partial charge is 0.228 e. The van der Waals surface area contributed by atoms with Crippen molar-refractivity contribution in [2.75, 3.05) is 26.7 Å². The minimum Gasteiger partial charge on any atom is -0.497 e. The van der Waals surface area contributed by atoms with Gasteiger partial charge >= 0.3 is 0 Å². The number of benzene rings is 2. The number of carbonyl (C=O) groups excluding carboxylic acids is 1. The molecule has 5 heteroatoms. The van der Waals surface area contributed by atoms with Gasteiger partial charge in [0.25, 0.3) is 0 Å². The van der Waals surface area contributed by atoms with Crippen molar-refractivity contribution in [2.45, 2.75) is 37.1 Å². The van der Waals surface area contributed by atoms with Gasteiger partial charge in [-0.1, -0.05) is 42.1 Å². The average molecular weight is 423 g/mol. The molecule has 0 spiro atoms. The van der Waals surface area contributed by atoms with E-state index >= 15 is 0 Å². The van der Waals surface area contributed by atoms with E-state index in [-0.39, 0.29) is 5.91 Å². The van der Waals surface area contributed by atoms with E-state index in [1.165, 1.54) is 29.7 Å². The Kier molecular flexibility index (Phi) is 7.13. The van der Waals surface area contributed by atoms with Crippen LogP contribution in [0.15, 0.2) is 65.0 Å². The van der Waals surface area contributed by atoms with Crippen molar-refractivity contribution < 1.29 is 9.53 Å². The molecule has 30 heavy (non-hydrogen) atoms. The predicted molar refractivity (Wildman–Crippen MR) is 122 cm³/mol. The van der Waals surface area contributed by atoms with Crippen molar-refractivity contribution in [2.24, 2.45) is 5.92 Å². The Bertz CT molecular complexity index is 876. The summed E-state index contributed by atoms with van der Waals surface area (Å²) < 4.78 is 5.35. The minimum atomic E-state index is 0.189. The van der Waals surface area contributed by atoms with Gasteiger partial charge in [-0.05, 0) is 73.0 Å². The fraction of sp³-hybridized carbons (Fsp3) is 0.400. The number of methoxy groups -OCH3 is 1. The van der Waals surface area contributed by atoms with E-state index in [0.29, 0.717) is 13.0 Å². The van der Waals surface area contributed by atoms with E-state index in [0.717, 1.165) is 36.9 Å². The Morgan fingerprint density at radius 3 is 2.70 bits per heavy atom.